The van der Waals surface area contributed by atoms with Crippen LogP contribution in [0, 0.1) is 0 Å². The van der Waals surface area contributed by atoms with Crippen molar-refractivity contribution in [3.8, 4) is 0 Å². The zero-order valence-corrected chi connectivity index (χ0v) is 24.1. The van der Waals surface area contributed by atoms with Crippen molar-refractivity contribution in [2.24, 2.45) is 0 Å². The van der Waals surface area contributed by atoms with Crippen molar-refractivity contribution in [1.29, 1.82) is 0 Å². The summed E-state index contributed by atoms with van der Waals surface area (Å²) in [6.45, 7) is 9.76. The van der Waals surface area contributed by atoms with E-state index in [1.54, 1.807) is 0 Å². The number of carbonyl (C=O) groups excluding carboxylic acids is 2. The fourth-order valence-corrected chi connectivity index (χ4v) is 5.04. The molecule has 0 N–H and O–H groups in total. The number of allylic oxidation sites excluding steroid dienone is 2. The van der Waals surface area contributed by atoms with Crippen molar-refractivity contribution in [1.82, 2.24) is 0 Å². The monoisotopic (exact) mass is 496 g/mol. The van der Waals surface area contributed by atoms with Crippen LogP contribution < -0.4 is 0 Å². The molecule has 0 spiro atoms. The summed E-state index contributed by atoms with van der Waals surface area (Å²) in [5, 5.41) is 0. The molecule has 0 bridgehead atoms. The Bertz CT molecular complexity index is 509. The number of hydrogen-bond donors (Lipinski definition) is 0. The summed E-state index contributed by atoms with van der Waals surface area (Å²) in [7, 11) is 0. The lowest BCUT2D eigenvalue weighted by atomic mass is 10.0. The van der Waals surface area contributed by atoms with Crippen LogP contribution in [0.4, 0.5) is 0 Å². The number of ketones is 1. The summed E-state index contributed by atoms with van der Waals surface area (Å²) in [6, 6.07) is 0. The van der Waals surface area contributed by atoms with Crippen molar-refractivity contribution in [3.63, 3.8) is 0 Å². The lowest BCUT2D eigenvalue weighted by Gasteiger charge is -2.17. The van der Waals surface area contributed by atoms with Crippen molar-refractivity contribution in [3.05, 3.63) is 12.2 Å². The first-order valence-electron chi connectivity index (χ1n) is 14.0. The highest BCUT2D eigenvalue weighted by molar-refractivity contribution is 6.39. The third-order valence-corrected chi connectivity index (χ3v) is 7.54. The highest BCUT2D eigenvalue weighted by Crippen LogP contribution is 2.12. The van der Waals surface area contributed by atoms with Crippen molar-refractivity contribution < 1.29 is 21.0 Å². The number of unbranched alkanes of at least 4 members (excludes halogenated alkanes) is 13. The second-order valence-corrected chi connectivity index (χ2v) is 11.3. The van der Waals surface area contributed by atoms with Gasteiger partial charge in [-0.1, -0.05) is 83.3 Å². The van der Waals surface area contributed by atoms with Crippen LogP contribution >= 0.6 is 0 Å². The second kappa shape index (κ2) is 24.0. The molecule has 0 aliphatic carbocycles. The van der Waals surface area contributed by atoms with Gasteiger partial charge in [-0.25, -0.2) is 0 Å². The summed E-state index contributed by atoms with van der Waals surface area (Å²) < 4.78 is 16.4. The highest BCUT2D eigenvalue weighted by atomic mass is 27.3. The molecule has 0 saturated carbocycles. The summed E-state index contributed by atoms with van der Waals surface area (Å²) >= 11 is -2.54. The van der Waals surface area contributed by atoms with E-state index in [1.807, 2.05) is 27.7 Å². The maximum Gasteiger partial charge on any atom is 1.00 e. The first-order chi connectivity index (χ1) is 16.3. The molecule has 198 valence electrons. The fourth-order valence-electron chi connectivity index (χ4n) is 3.68. The predicted octanol–water partition coefficient (Wildman–Crippen LogP) is 8.14. The van der Waals surface area contributed by atoms with Gasteiger partial charge < -0.3 is 11.4 Å². The van der Waals surface area contributed by atoms with E-state index in [-0.39, 0.29) is 24.4 Å². The zero-order valence-electron chi connectivity index (χ0n) is 22.9. The van der Waals surface area contributed by atoms with E-state index >= 15 is 0 Å². The van der Waals surface area contributed by atoms with Gasteiger partial charge in [0, 0.05) is 18.6 Å². The summed E-state index contributed by atoms with van der Waals surface area (Å²) in [5.41, 5.74) is 0. The van der Waals surface area contributed by atoms with E-state index in [1.165, 1.54) is 77.0 Å². The van der Waals surface area contributed by atoms with Crippen molar-refractivity contribution in [2.75, 3.05) is 0 Å². The molecule has 5 nitrogen and oxygen atoms in total. The largest absolute Gasteiger partial charge is 1.00 e. The Balaban J connectivity index is 3.59. The summed E-state index contributed by atoms with van der Waals surface area (Å²) in [6.07, 6.45) is 23.6. The number of carbonyl (C=O) groups is 2. The molecule has 0 rings (SSSR count). The summed E-state index contributed by atoms with van der Waals surface area (Å²) in [5.74, 6) is -0.580. The van der Waals surface area contributed by atoms with E-state index < -0.39 is 21.1 Å². The lowest BCUT2D eigenvalue weighted by molar-refractivity contribution is -0.141. The first-order valence-corrected chi connectivity index (χ1v) is 15.4. The molecule has 0 atom stereocenters. The smallest absolute Gasteiger partial charge is 0.572 e. The predicted molar refractivity (Wildman–Crippen MR) is 143 cm³/mol. The standard InChI is InChI=1S/C22H40O3.2C3H7O.Al/c1-2-3-4-5-6-7-8-9-10-11-12-13-14-15-16-17-18-19-21(23)20-22(24)25;2*1-3(2)4;/h9-10H,2-8,11-20H2,1H3,(H,24,25);2*3H,1-2H3;/q;2*-1;+3/p-1/b10-9-;;;. The Morgan fingerprint density at radius 1 is 0.676 bits per heavy atom. The van der Waals surface area contributed by atoms with Crippen LogP contribution in [0.2, 0.25) is 0 Å². The molecule has 6 heteroatoms. The molecule has 0 heterocycles. The zero-order chi connectivity index (χ0) is 25.4. The number of hydrogen-bond acceptors (Lipinski definition) is 5. The molecule has 0 amide bonds. The van der Waals surface area contributed by atoms with Crippen LogP contribution in [0.25, 0.3) is 0 Å². The van der Waals surface area contributed by atoms with E-state index in [2.05, 4.69) is 19.1 Å². The van der Waals surface area contributed by atoms with Crippen LogP contribution in [-0.2, 0) is 21.0 Å². The van der Waals surface area contributed by atoms with Gasteiger partial charge in [-0.2, -0.15) is 0 Å². The van der Waals surface area contributed by atoms with Gasteiger partial charge in [0.2, 0.25) is 0 Å². The average Bonchev–Trinajstić information content (AvgIpc) is 2.74. The van der Waals surface area contributed by atoms with Gasteiger partial charge in [0.25, 0.3) is 5.97 Å². The van der Waals surface area contributed by atoms with Gasteiger partial charge in [-0.05, 0) is 59.8 Å². The normalized spacial score (nSPS) is 11.6. The Morgan fingerprint density at radius 3 is 1.59 bits per heavy atom. The van der Waals surface area contributed by atoms with Crippen molar-refractivity contribution >= 4 is 26.9 Å². The van der Waals surface area contributed by atoms with Gasteiger partial charge in [0.15, 0.2) is 0 Å². The van der Waals surface area contributed by atoms with E-state index in [0.717, 1.165) is 19.3 Å². The minimum absolute atomic E-state index is 0.0559. The quantitative estimate of drug-likeness (QED) is 0.0584. The van der Waals surface area contributed by atoms with Gasteiger partial charge in [0.1, 0.15) is 12.2 Å². The second-order valence-electron chi connectivity index (χ2n) is 9.91. The molecule has 0 unspecified atom stereocenters. The third kappa shape index (κ3) is 24.5. The molecule has 34 heavy (non-hydrogen) atoms. The SMILES string of the molecule is CCCCCCCC/C=C\CCCCCCCCCC(=O)CC(=O)[O][Al]([O]C(C)C)[O]C(C)C. The molecule has 0 aromatic carbocycles. The van der Waals surface area contributed by atoms with E-state index in [4.69, 9.17) is 11.4 Å². The average molecular weight is 497 g/mol. The van der Waals surface area contributed by atoms with Gasteiger partial charge in [0.05, 0.1) is 0 Å². The van der Waals surface area contributed by atoms with Crippen LogP contribution in [0.15, 0.2) is 12.2 Å². The topological polar surface area (TPSA) is 61.8 Å². The summed E-state index contributed by atoms with van der Waals surface area (Å²) in [4.78, 5) is 24.1. The van der Waals surface area contributed by atoms with Crippen LogP contribution in [0.3, 0.4) is 0 Å². The van der Waals surface area contributed by atoms with Crippen LogP contribution in [0.5, 0.6) is 0 Å². The minimum atomic E-state index is -2.54. The van der Waals surface area contributed by atoms with Crippen LogP contribution in [-0.4, -0.2) is 39.1 Å². The van der Waals surface area contributed by atoms with E-state index in [9.17, 15) is 9.59 Å². The molecule has 0 aliphatic rings. The van der Waals surface area contributed by atoms with Crippen LogP contribution in [0.1, 0.15) is 144 Å². The number of Topliss-reactive ketones (excluding diaryl/α,β-unsaturated/α-hetero) is 1. The molecule has 0 saturated heterocycles. The molecule has 0 fully saturated rings. The van der Waals surface area contributed by atoms with Gasteiger partial charge in [-0.15, -0.1) is 0 Å². The molecule has 0 aliphatic heterocycles. The lowest BCUT2D eigenvalue weighted by Crippen LogP contribution is -2.35. The Kier molecular flexibility index (Phi) is 23.6. The Morgan fingerprint density at radius 2 is 1.12 bits per heavy atom. The molecule has 0 aromatic heterocycles. The Labute approximate surface area is 215 Å². The maximum absolute atomic E-state index is 12.1. The molecule has 0 radical (unpaired) electrons. The Hall–Kier alpha value is -0.668. The number of rotatable bonds is 24. The molecular weight excluding hydrogens is 443 g/mol. The molecule has 0 aromatic rings. The highest BCUT2D eigenvalue weighted by Gasteiger charge is 2.39. The fraction of sp³-hybridized carbons (Fsp3) is 0.857. The molecular formula is C28H53AlO5. The first kappa shape index (κ1) is 33.3. The third-order valence-electron chi connectivity index (χ3n) is 5.55. The van der Waals surface area contributed by atoms with E-state index in [0.29, 0.717) is 6.42 Å². The maximum atomic E-state index is 12.1. The van der Waals surface area contributed by atoms with Crippen molar-refractivity contribution in [2.45, 2.75) is 156 Å². The minimum Gasteiger partial charge on any atom is -0.572 e. The van der Waals surface area contributed by atoms with Gasteiger partial charge >= 0.3 is 15.1 Å². The van der Waals surface area contributed by atoms with Gasteiger partial charge in [-0.3, -0.25) is 9.59 Å².